The molecule has 154 valence electrons. The van der Waals surface area contributed by atoms with Crippen LogP contribution in [0.3, 0.4) is 0 Å². The Morgan fingerprint density at radius 3 is 2.53 bits per heavy atom. The summed E-state index contributed by atoms with van der Waals surface area (Å²) in [6, 6.07) is 3.05. The molecule has 30 heavy (non-hydrogen) atoms. The highest BCUT2D eigenvalue weighted by Crippen LogP contribution is 2.39. The molecule has 3 heterocycles. The van der Waals surface area contributed by atoms with E-state index in [4.69, 9.17) is 0 Å². The molecule has 0 radical (unpaired) electrons. The van der Waals surface area contributed by atoms with Gasteiger partial charge in [0.1, 0.15) is 11.6 Å². The number of nitrogens with one attached hydrogen (secondary N) is 2. The lowest BCUT2D eigenvalue weighted by molar-refractivity contribution is -0.114. The van der Waals surface area contributed by atoms with E-state index in [0.717, 1.165) is 25.5 Å². The Labute approximate surface area is 171 Å². The Hall–Kier alpha value is -3.56. The average molecular weight is 411 g/mol. The maximum Gasteiger partial charge on any atom is 0.303 e. The molecule has 1 amide bonds. The molecule has 1 aliphatic rings. The van der Waals surface area contributed by atoms with E-state index < -0.39 is 11.7 Å². The summed E-state index contributed by atoms with van der Waals surface area (Å²) in [5, 5.41) is 5.60. The van der Waals surface area contributed by atoms with Crippen LogP contribution in [0.1, 0.15) is 44.1 Å². The third-order valence-electron chi connectivity index (χ3n) is 4.46. The van der Waals surface area contributed by atoms with Crippen LogP contribution in [0.15, 0.2) is 36.9 Å². The SMILES string of the molecule is CC(=O)Nc1cc(Nc2ccnc(C(C)(F)F)n2)c(-c2cnc(C3CC3)cn2)cn1. The van der Waals surface area contributed by atoms with Crippen molar-refractivity contribution in [2.75, 3.05) is 10.6 Å². The maximum absolute atomic E-state index is 13.6. The van der Waals surface area contributed by atoms with Crippen molar-refractivity contribution in [1.29, 1.82) is 0 Å². The van der Waals surface area contributed by atoms with Gasteiger partial charge in [-0.15, -0.1) is 0 Å². The van der Waals surface area contributed by atoms with Gasteiger partial charge in [-0.3, -0.25) is 14.8 Å². The molecule has 2 N–H and O–H groups in total. The molecule has 8 nitrogen and oxygen atoms in total. The van der Waals surface area contributed by atoms with Crippen molar-refractivity contribution in [3.05, 3.63) is 48.4 Å². The first-order chi connectivity index (χ1) is 14.3. The van der Waals surface area contributed by atoms with Crippen LogP contribution in [0.25, 0.3) is 11.3 Å². The third kappa shape index (κ3) is 4.53. The van der Waals surface area contributed by atoms with E-state index in [2.05, 4.69) is 35.6 Å². The smallest absolute Gasteiger partial charge is 0.303 e. The van der Waals surface area contributed by atoms with Gasteiger partial charge in [-0.05, 0) is 18.9 Å². The molecule has 1 aliphatic carbocycles. The fraction of sp³-hybridized carbons (Fsp3) is 0.300. The van der Waals surface area contributed by atoms with Crippen LogP contribution in [0.2, 0.25) is 0 Å². The highest BCUT2D eigenvalue weighted by molar-refractivity contribution is 5.89. The van der Waals surface area contributed by atoms with Gasteiger partial charge >= 0.3 is 5.92 Å². The highest BCUT2D eigenvalue weighted by atomic mass is 19.3. The zero-order valence-corrected chi connectivity index (χ0v) is 16.4. The lowest BCUT2D eigenvalue weighted by Crippen LogP contribution is -2.13. The summed E-state index contributed by atoms with van der Waals surface area (Å²) >= 11 is 0. The number of hydrogen-bond acceptors (Lipinski definition) is 7. The Balaban J connectivity index is 1.71. The number of rotatable bonds is 6. The zero-order chi connectivity index (χ0) is 21.3. The third-order valence-corrected chi connectivity index (χ3v) is 4.46. The molecule has 0 unspecified atom stereocenters. The number of alkyl halides is 2. The largest absolute Gasteiger partial charge is 0.339 e. The molecular weight excluding hydrogens is 392 g/mol. The fourth-order valence-corrected chi connectivity index (χ4v) is 2.86. The molecule has 0 saturated heterocycles. The molecule has 0 spiro atoms. The van der Waals surface area contributed by atoms with Crippen LogP contribution in [0.4, 0.5) is 26.1 Å². The summed E-state index contributed by atoms with van der Waals surface area (Å²) in [5.74, 6) is -3.12. The van der Waals surface area contributed by atoms with E-state index >= 15 is 0 Å². The number of hydrogen-bond donors (Lipinski definition) is 2. The van der Waals surface area contributed by atoms with Crippen molar-refractivity contribution in [2.45, 2.75) is 38.5 Å². The number of anilines is 3. The number of carbonyl (C=O) groups is 1. The molecular formula is C20H19F2N7O. The summed E-state index contributed by atoms with van der Waals surface area (Å²) in [6.07, 6.45) is 8.41. The van der Waals surface area contributed by atoms with Crippen LogP contribution in [-0.4, -0.2) is 30.8 Å². The van der Waals surface area contributed by atoms with E-state index in [9.17, 15) is 13.6 Å². The minimum absolute atomic E-state index is 0.172. The first-order valence-electron chi connectivity index (χ1n) is 9.38. The summed E-state index contributed by atoms with van der Waals surface area (Å²) in [7, 11) is 0. The number of pyridine rings is 1. The summed E-state index contributed by atoms with van der Waals surface area (Å²) in [5.41, 5.74) is 2.56. The number of amides is 1. The Kier molecular flexibility index (Phi) is 5.06. The monoisotopic (exact) mass is 411 g/mol. The minimum atomic E-state index is -3.18. The van der Waals surface area contributed by atoms with Crippen LogP contribution < -0.4 is 10.6 Å². The molecule has 3 aromatic heterocycles. The van der Waals surface area contributed by atoms with Crippen molar-refractivity contribution in [3.8, 4) is 11.3 Å². The number of carbonyl (C=O) groups excluding carboxylic acids is 1. The van der Waals surface area contributed by atoms with Crippen LogP contribution in [0, 0.1) is 0 Å². The Morgan fingerprint density at radius 2 is 1.90 bits per heavy atom. The van der Waals surface area contributed by atoms with Gasteiger partial charge in [0.2, 0.25) is 11.7 Å². The molecule has 0 bridgehead atoms. The quantitative estimate of drug-likeness (QED) is 0.631. The Morgan fingerprint density at radius 1 is 1.10 bits per heavy atom. The number of halogens is 2. The van der Waals surface area contributed by atoms with E-state index in [1.165, 1.54) is 25.4 Å². The maximum atomic E-state index is 13.6. The lowest BCUT2D eigenvalue weighted by atomic mass is 10.1. The second kappa shape index (κ2) is 7.69. The second-order valence-electron chi connectivity index (χ2n) is 7.18. The van der Waals surface area contributed by atoms with Crippen LogP contribution in [-0.2, 0) is 10.7 Å². The molecule has 10 heteroatoms. The zero-order valence-electron chi connectivity index (χ0n) is 16.4. The van der Waals surface area contributed by atoms with Crippen molar-refractivity contribution >= 4 is 23.2 Å². The normalized spacial score (nSPS) is 13.7. The van der Waals surface area contributed by atoms with Gasteiger partial charge in [-0.25, -0.2) is 15.0 Å². The van der Waals surface area contributed by atoms with Crippen LogP contribution in [0.5, 0.6) is 0 Å². The van der Waals surface area contributed by atoms with Gasteiger partial charge in [-0.1, -0.05) is 0 Å². The van der Waals surface area contributed by atoms with Crippen molar-refractivity contribution < 1.29 is 13.6 Å². The summed E-state index contributed by atoms with van der Waals surface area (Å²) in [6.45, 7) is 2.10. The standard InChI is InChI=1S/C20H19F2N7O/c1-11(30)27-18-7-14(28-17-5-6-23-19(29-17)20(2,21)22)13(8-26-18)16-10-24-15(9-25-16)12-3-4-12/h5-10,12H,3-4H2,1-2H3,(H2,23,26,27,28,29,30). The molecule has 0 aliphatic heterocycles. The first-order valence-corrected chi connectivity index (χ1v) is 9.38. The summed E-state index contributed by atoms with van der Waals surface area (Å²) in [4.78, 5) is 32.1. The molecule has 0 aromatic carbocycles. The van der Waals surface area contributed by atoms with E-state index in [0.29, 0.717) is 28.7 Å². The fourth-order valence-electron chi connectivity index (χ4n) is 2.86. The number of nitrogens with zero attached hydrogens (tertiary/aromatic N) is 5. The number of aromatic nitrogens is 5. The second-order valence-corrected chi connectivity index (χ2v) is 7.18. The van der Waals surface area contributed by atoms with Crippen LogP contribution >= 0.6 is 0 Å². The molecule has 1 fully saturated rings. The van der Waals surface area contributed by atoms with Crippen molar-refractivity contribution in [2.24, 2.45) is 0 Å². The van der Waals surface area contributed by atoms with Gasteiger partial charge in [0.15, 0.2) is 0 Å². The van der Waals surface area contributed by atoms with Gasteiger partial charge in [0.25, 0.3) is 0 Å². The first kappa shape index (κ1) is 19.7. The minimum Gasteiger partial charge on any atom is -0.339 e. The van der Waals surface area contributed by atoms with Gasteiger partial charge in [0, 0.05) is 50.0 Å². The predicted molar refractivity (Wildman–Crippen MR) is 106 cm³/mol. The highest BCUT2D eigenvalue weighted by Gasteiger charge is 2.28. The predicted octanol–water partition coefficient (Wildman–Crippen LogP) is 4.02. The summed E-state index contributed by atoms with van der Waals surface area (Å²) < 4.78 is 27.2. The van der Waals surface area contributed by atoms with Gasteiger partial charge in [-0.2, -0.15) is 8.78 Å². The van der Waals surface area contributed by atoms with Gasteiger partial charge < -0.3 is 10.6 Å². The molecule has 4 rings (SSSR count). The van der Waals surface area contributed by atoms with Gasteiger partial charge in [0.05, 0.1) is 23.3 Å². The van der Waals surface area contributed by atoms with E-state index in [1.807, 2.05) is 0 Å². The topological polar surface area (TPSA) is 106 Å². The molecule has 1 saturated carbocycles. The Bertz CT molecular complexity index is 1080. The molecule has 0 atom stereocenters. The van der Waals surface area contributed by atoms with Crippen molar-refractivity contribution in [3.63, 3.8) is 0 Å². The van der Waals surface area contributed by atoms with E-state index in [-0.39, 0.29) is 11.7 Å². The van der Waals surface area contributed by atoms with E-state index in [1.54, 1.807) is 18.5 Å². The lowest BCUT2D eigenvalue weighted by Gasteiger charge is -2.14. The molecule has 3 aromatic rings. The average Bonchev–Trinajstić information content (AvgIpc) is 3.53. The van der Waals surface area contributed by atoms with Crippen molar-refractivity contribution in [1.82, 2.24) is 24.9 Å².